The van der Waals surface area contributed by atoms with Crippen molar-refractivity contribution in [3.63, 3.8) is 0 Å². The number of para-hydroxylation sites is 1. The lowest BCUT2D eigenvalue weighted by Gasteiger charge is -2.22. The molecule has 0 radical (unpaired) electrons. The maximum Gasteiger partial charge on any atom is 0.286 e. The number of carbonyl (C=O) groups excluding carboxylic acids is 1. The van der Waals surface area contributed by atoms with Crippen molar-refractivity contribution >= 4 is 67.8 Å². The van der Waals surface area contributed by atoms with Gasteiger partial charge in [-0.2, -0.15) is 10.1 Å². The molecule has 0 saturated carbocycles. The summed E-state index contributed by atoms with van der Waals surface area (Å²) < 4.78 is 0.969. The lowest BCUT2D eigenvalue weighted by atomic mass is 9.99. The summed E-state index contributed by atoms with van der Waals surface area (Å²) in [4.78, 5) is 28.2. The largest absolute Gasteiger partial charge is 0.286 e. The zero-order chi connectivity index (χ0) is 24.5. The molecule has 0 bridgehead atoms. The van der Waals surface area contributed by atoms with E-state index in [0.717, 1.165) is 33.1 Å². The summed E-state index contributed by atoms with van der Waals surface area (Å²) in [6, 6.07) is 21.5. The molecule has 0 N–H and O–H groups in total. The summed E-state index contributed by atoms with van der Waals surface area (Å²) in [7, 11) is 0. The van der Waals surface area contributed by atoms with E-state index in [4.69, 9.17) is 16.7 Å². The van der Waals surface area contributed by atoms with Gasteiger partial charge in [0.2, 0.25) is 0 Å². The van der Waals surface area contributed by atoms with Gasteiger partial charge in [0.1, 0.15) is 0 Å². The zero-order valence-corrected chi connectivity index (χ0v) is 21.1. The van der Waals surface area contributed by atoms with Crippen LogP contribution in [0.25, 0.3) is 6.08 Å². The topological polar surface area (TPSA) is 88.2 Å². The Morgan fingerprint density at radius 3 is 2.51 bits per heavy atom. The fourth-order valence-corrected chi connectivity index (χ4v) is 5.16. The van der Waals surface area contributed by atoms with Gasteiger partial charge in [-0.1, -0.05) is 63.9 Å². The second kappa shape index (κ2) is 9.77. The monoisotopic (exact) mass is 566 g/mol. The predicted octanol–water partition coefficient (Wildman–Crippen LogP) is 6.83. The van der Waals surface area contributed by atoms with Crippen LogP contribution in [0.5, 0.6) is 0 Å². The van der Waals surface area contributed by atoms with Gasteiger partial charge in [-0.3, -0.25) is 14.9 Å². The van der Waals surface area contributed by atoms with Crippen molar-refractivity contribution in [2.45, 2.75) is 12.5 Å². The highest BCUT2D eigenvalue weighted by atomic mass is 79.9. The lowest BCUT2D eigenvalue weighted by Crippen LogP contribution is -2.23. The molecule has 10 heteroatoms. The quantitative estimate of drug-likeness (QED) is 0.196. The Bertz CT molecular complexity index is 1420. The molecule has 0 aromatic heterocycles. The van der Waals surface area contributed by atoms with Crippen LogP contribution in [0, 0.1) is 10.1 Å². The predicted molar refractivity (Wildman–Crippen MR) is 142 cm³/mol. The van der Waals surface area contributed by atoms with E-state index in [1.165, 1.54) is 12.1 Å². The molecule has 0 aliphatic carbocycles. The van der Waals surface area contributed by atoms with E-state index in [-0.39, 0.29) is 11.7 Å². The van der Waals surface area contributed by atoms with Gasteiger partial charge in [-0.05, 0) is 59.3 Å². The van der Waals surface area contributed by atoms with Gasteiger partial charge in [-0.15, -0.1) is 0 Å². The molecule has 0 spiro atoms. The summed E-state index contributed by atoms with van der Waals surface area (Å²) in [6.45, 7) is 0. The van der Waals surface area contributed by atoms with E-state index in [0.29, 0.717) is 27.1 Å². The average Bonchev–Trinajstić information content (AvgIpc) is 3.44. The fourth-order valence-electron chi connectivity index (χ4n) is 3.86. The van der Waals surface area contributed by atoms with Gasteiger partial charge in [0.05, 0.1) is 27.1 Å². The fraction of sp³-hybridized carbons (Fsp3) is 0.0800. The lowest BCUT2D eigenvalue weighted by molar-refractivity contribution is -0.385. The number of hydrazone groups is 1. The molecule has 174 valence electrons. The van der Waals surface area contributed by atoms with Crippen molar-refractivity contribution in [1.82, 2.24) is 5.01 Å². The minimum atomic E-state index is -0.468. The molecule has 3 aromatic carbocycles. The number of amides is 1. The Labute approximate surface area is 218 Å². The average molecular weight is 568 g/mol. The smallest absolute Gasteiger partial charge is 0.266 e. The molecule has 2 aliphatic rings. The molecule has 1 atom stereocenters. The van der Waals surface area contributed by atoms with Gasteiger partial charge in [0.25, 0.3) is 11.6 Å². The standard InChI is InChI=1S/C25H16BrClN4O3S/c26-18-9-5-15(6-10-18)20-14-22(16-7-11-19(27)12-8-16)30(29-20)25-28-24(32)23(35-25)13-17-3-1-2-4-21(17)31(33)34/h1-13,22H,14H2/b23-13+. The zero-order valence-electron chi connectivity index (χ0n) is 18.0. The highest BCUT2D eigenvalue weighted by Crippen LogP contribution is 2.40. The molecule has 7 nitrogen and oxygen atoms in total. The summed E-state index contributed by atoms with van der Waals surface area (Å²) in [5, 5.41) is 19.0. The molecule has 2 heterocycles. The SMILES string of the molecule is O=C1N=C(N2N=C(c3ccc(Br)cc3)CC2c2ccc(Cl)cc2)S/C1=C/c1ccccc1[N+](=O)[O-]. The first-order chi connectivity index (χ1) is 16.9. The number of hydrogen-bond acceptors (Lipinski definition) is 6. The van der Waals surface area contributed by atoms with Gasteiger partial charge in [0, 0.05) is 22.0 Å². The van der Waals surface area contributed by atoms with Crippen molar-refractivity contribution in [3.8, 4) is 0 Å². The molecule has 0 saturated heterocycles. The van der Waals surface area contributed by atoms with Crippen molar-refractivity contribution < 1.29 is 9.72 Å². The second-order valence-electron chi connectivity index (χ2n) is 7.80. The number of benzene rings is 3. The Morgan fingerprint density at radius 2 is 1.80 bits per heavy atom. The third-order valence-electron chi connectivity index (χ3n) is 5.57. The highest BCUT2D eigenvalue weighted by molar-refractivity contribution is 9.10. The van der Waals surface area contributed by atoms with Crippen LogP contribution in [0.2, 0.25) is 5.02 Å². The summed E-state index contributed by atoms with van der Waals surface area (Å²) in [5.74, 6) is -0.453. The van der Waals surface area contributed by atoms with E-state index in [1.54, 1.807) is 23.2 Å². The number of nitro benzene ring substituents is 1. The highest BCUT2D eigenvalue weighted by Gasteiger charge is 2.36. The molecule has 1 amide bonds. The maximum absolute atomic E-state index is 12.8. The van der Waals surface area contributed by atoms with Crippen LogP contribution in [-0.4, -0.2) is 26.7 Å². The number of aliphatic imine (C=N–C) groups is 1. The van der Waals surface area contributed by atoms with Crippen LogP contribution in [0.3, 0.4) is 0 Å². The van der Waals surface area contributed by atoms with Crippen LogP contribution in [0.4, 0.5) is 5.69 Å². The second-order valence-corrected chi connectivity index (χ2v) is 10.2. The third-order valence-corrected chi connectivity index (χ3v) is 7.32. The van der Waals surface area contributed by atoms with Crippen molar-refractivity contribution in [3.05, 3.63) is 114 Å². The molecule has 3 aromatic rings. The van der Waals surface area contributed by atoms with Crippen LogP contribution in [-0.2, 0) is 4.79 Å². The summed E-state index contributed by atoms with van der Waals surface area (Å²) in [5.41, 5.74) is 3.10. The number of rotatable bonds is 4. The van der Waals surface area contributed by atoms with Gasteiger partial charge >= 0.3 is 0 Å². The van der Waals surface area contributed by atoms with Crippen LogP contribution < -0.4 is 0 Å². The van der Waals surface area contributed by atoms with E-state index >= 15 is 0 Å². The molecular formula is C25H16BrClN4O3S. The normalized spacial score (nSPS) is 18.7. The maximum atomic E-state index is 12.8. The molecule has 35 heavy (non-hydrogen) atoms. The molecule has 5 rings (SSSR count). The van der Waals surface area contributed by atoms with E-state index in [2.05, 4.69) is 20.9 Å². The summed E-state index contributed by atoms with van der Waals surface area (Å²) in [6.07, 6.45) is 2.12. The van der Waals surface area contributed by atoms with E-state index < -0.39 is 10.8 Å². The van der Waals surface area contributed by atoms with Crippen LogP contribution in [0.15, 0.2) is 92.3 Å². The molecule has 0 fully saturated rings. The van der Waals surface area contributed by atoms with Crippen molar-refractivity contribution in [2.75, 3.05) is 0 Å². The van der Waals surface area contributed by atoms with E-state index in [1.807, 2.05) is 48.5 Å². The number of carbonyl (C=O) groups is 1. The van der Waals surface area contributed by atoms with Crippen molar-refractivity contribution in [1.29, 1.82) is 0 Å². The van der Waals surface area contributed by atoms with Crippen LogP contribution >= 0.6 is 39.3 Å². The van der Waals surface area contributed by atoms with Crippen molar-refractivity contribution in [2.24, 2.45) is 10.1 Å². The van der Waals surface area contributed by atoms with E-state index in [9.17, 15) is 14.9 Å². The number of amidine groups is 1. The van der Waals surface area contributed by atoms with Gasteiger partial charge in [-0.25, -0.2) is 5.01 Å². The Balaban J connectivity index is 1.49. The number of halogens is 2. The first kappa shape index (κ1) is 23.5. The summed E-state index contributed by atoms with van der Waals surface area (Å²) >= 11 is 10.7. The number of nitrogens with zero attached hydrogens (tertiary/aromatic N) is 4. The first-order valence-corrected chi connectivity index (χ1v) is 12.5. The number of nitro groups is 1. The number of thioether (sulfide) groups is 1. The van der Waals surface area contributed by atoms with Gasteiger partial charge < -0.3 is 0 Å². The Hall–Kier alpha value is -3.27. The van der Waals surface area contributed by atoms with Crippen LogP contribution in [0.1, 0.15) is 29.2 Å². The molecule has 1 unspecified atom stereocenters. The Kier molecular flexibility index (Phi) is 6.55. The van der Waals surface area contributed by atoms with Gasteiger partial charge in [0.15, 0.2) is 5.17 Å². The Morgan fingerprint density at radius 1 is 1.09 bits per heavy atom. The third kappa shape index (κ3) is 4.93. The molecule has 2 aliphatic heterocycles. The molecular weight excluding hydrogens is 552 g/mol. The number of hydrogen-bond donors (Lipinski definition) is 0. The minimum absolute atomic E-state index is 0.0717. The first-order valence-electron chi connectivity index (χ1n) is 10.5. The minimum Gasteiger partial charge on any atom is -0.266 e.